The zero-order valence-corrected chi connectivity index (χ0v) is 14.9. The van der Waals surface area contributed by atoms with E-state index in [-0.39, 0.29) is 10.9 Å². The number of hydrogen-bond donors (Lipinski definition) is 1. The molecule has 1 unspecified atom stereocenters. The second-order valence-electron chi connectivity index (χ2n) is 4.90. The van der Waals surface area contributed by atoms with E-state index >= 15 is 0 Å². The van der Waals surface area contributed by atoms with Crippen molar-refractivity contribution in [2.75, 3.05) is 19.5 Å². The normalized spacial score (nSPS) is 11.5. The van der Waals surface area contributed by atoms with Crippen LogP contribution in [-0.2, 0) is 4.79 Å². The summed E-state index contributed by atoms with van der Waals surface area (Å²) in [5.74, 6) is 1.13. The summed E-state index contributed by atoms with van der Waals surface area (Å²) in [6.07, 6.45) is -0.779. The van der Waals surface area contributed by atoms with Gasteiger partial charge in [-0.3, -0.25) is 4.79 Å². The van der Waals surface area contributed by atoms with E-state index in [0.717, 1.165) is 0 Å². The van der Waals surface area contributed by atoms with Crippen LogP contribution in [0.3, 0.4) is 0 Å². The molecule has 1 amide bonds. The van der Waals surface area contributed by atoms with Crippen LogP contribution < -0.4 is 19.5 Å². The Morgan fingerprint density at radius 1 is 1.08 bits per heavy atom. The molecule has 5 nitrogen and oxygen atoms in total. The topological polar surface area (TPSA) is 56.8 Å². The molecule has 0 aliphatic rings. The van der Waals surface area contributed by atoms with Crippen molar-refractivity contribution in [3.63, 3.8) is 0 Å². The molecule has 0 radical (unpaired) electrons. The Labute approximate surface area is 150 Å². The first-order valence-electron chi connectivity index (χ1n) is 7.09. The average Bonchev–Trinajstić information content (AvgIpc) is 2.58. The fourth-order valence-corrected chi connectivity index (χ4v) is 2.28. The molecule has 0 spiro atoms. The van der Waals surface area contributed by atoms with Gasteiger partial charge in [0.2, 0.25) is 0 Å². The number of methoxy groups -OCH3 is 2. The number of amides is 1. The summed E-state index contributed by atoms with van der Waals surface area (Å²) in [6.45, 7) is 1.62. The molecule has 7 heteroatoms. The molecule has 0 saturated heterocycles. The van der Waals surface area contributed by atoms with Gasteiger partial charge in [0.1, 0.15) is 22.3 Å². The van der Waals surface area contributed by atoms with Crippen molar-refractivity contribution in [2.45, 2.75) is 13.0 Å². The van der Waals surface area contributed by atoms with E-state index in [1.165, 1.54) is 14.2 Å². The lowest BCUT2D eigenvalue weighted by Gasteiger charge is -2.16. The maximum absolute atomic E-state index is 12.3. The molecule has 0 aliphatic carbocycles. The van der Waals surface area contributed by atoms with Gasteiger partial charge in [-0.15, -0.1) is 0 Å². The molecule has 0 aromatic heterocycles. The zero-order chi connectivity index (χ0) is 17.7. The second kappa shape index (κ2) is 8.13. The van der Waals surface area contributed by atoms with Gasteiger partial charge in [0.05, 0.1) is 19.2 Å². The van der Waals surface area contributed by atoms with Gasteiger partial charge in [-0.25, -0.2) is 0 Å². The minimum absolute atomic E-state index is 0.266. The van der Waals surface area contributed by atoms with Crippen LogP contribution in [0.25, 0.3) is 0 Å². The standard InChI is InChI=1S/C17H17Cl2NO4/c1-10(24-15-6-4-5-14(18)16(15)19)17(21)20-11-7-12(22-2)9-13(8-11)23-3/h4-10H,1-3H3,(H,20,21). The van der Waals surface area contributed by atoms with E-state index in [0.29, 0.717) is 28.0 Å². The van der Waals surface area contributed by atoms with Crippen molar-refractivity contribution in [2.24, 2.45) is 0 Å². The van der Waals surface area contributed by atoms with Gasteiger partial charge in [-0.2, -0.15) is 0 Å². The average molecular weight is 370 g/mol. The van der Waals surface area contributed by atoms with Gasteiger partial charge in [0.25, 0.3) is 5.91 Å². The third-order valence-corrected chi connectivity index (χ3v) is 4.01. The number of carbonyl (C=O) groups excluding carboxylic acids is 1. The molecule has 2 aromatic carbocycles. The van der Waals surface area contributed by atoms with Crippen LogP contribution in [0.15, 0.2) is 36.4 Å². The maximum atomic E-state index is 12.3. The minimum Gasteiger partial charge on any atom is -0.497 e. The number of nitrogens with one attached hydrogen (secondary N) is 1. The van der Waals surface area contributed by atoms with Crippen molar-refractivity contribution >= 4 is 34.8 Å². The molecule has 0 saturated carbocycles. The van der Waals surface area contributed by atoms with E-state index < -0.39 is 6.10 Å². The van der Waals surface area contributed by atoms with Crippen molar-refractivity contribution in [3.8, 4) is 17.2 Å². The smallest absolute Gasteiger partial charge is 0.265 e. The molecular weight excluding hydrogens is 353 g/mol. The number of benzene rings is 2. The lowest BCUT2D eigenvalue weighted by Crippen LogP contribution is -2.30. The van der Waals surface area contributed by atoms with Crippen LogP contribution in [0.4, 0.5) is 5.69 Å². The SMILES string of the molecule is COc1cc(NC(=O)C(C)Oc2cccc(Cl)c2Cl)cc(OC)c1. The van der Waals surface area contributed by atoms with Crippen molar-refractivity contribution in [1.29, 1.82) is 0 Å². The third kappa shape index (κ3) is 4.46. The maximum Gasteiger partial charge on any atom is 0.265 e. The molecule has 1 atom stereocenters. The molecule has 2 rings (SSSR count). The highest BCUT2D eigenvalue weighted by molar-refractivity contribution is 6.42. The van der Waals surface area contributed by atoms with Crippen LogP contribution >= 0.6 is 23.2 Å². The van der Waals surface area contributed by atoms with Gasteiger partial charge in [0.15, 0.2) is 6.10 Å². The Balaban J connectivity index is 2.10. The van der Waals surface area contributed by atoms with E-state index in [4.69, 9.17) is 37.4 Å². The molecule has 2 aromatic rings. The van der Waals surface area contributed by atoms with E-state index in [1.54, 1.807) is 43.3 Å². The zero-order valence-electron chi connectivity index (χ0n) is 13.4. The van der Waals surface area contributed by atoms with Gasteiger partial charge >= 0.3 is 0 Å². The van der Waals surface area contributed by atoms with Crippen molar-refractivity contribution < 1.29 is 19.0 Å². The van der Waals surface area contributed by atoms with Crippen LogP contribution in [0.1, 0.15) is 6.92 Å². The monoisotopic (exact) mass is 369 g/mol. The Hall–Kier alpha value is -2.11. The van der Waals surface area contributed by atoms with E-state index in [2.05, 4.69) is 5.32 Å². The summed E-state index contributed by atoms with van der Waals surface area (Å²) in [4.78, 5) is 12.3. The fraction of sp³-hybridized carbons (Fsp3) is 0.235. The molecule has 24 heavy (non-hydrogen) atoms. The van der Waals surface area contributed by atoms with Crippen LogP contribution in [0.2, 0.25) is 10.0 Å². The highest BCUT2D eigenvalue weighted by Crippen LogP contribution is 2.32. The van der Waals surface area contributed by atoms with Crippen molar-refractivity contribution in [3.05, 3.63) is 46.4 Å². The summed E-state index contributed by atoms with van der Waals surface area (Å²) < 4.78 is 15.9. The summed E-state index contributed by atoms with van der Waals surface area (Å²) >= 11 is 12.0. The number of rotatable bonds is 6. The minimum atomic E-state index is -0.779. The van der Waals surface area contributed by atoms with E-state index in [9.17, 15) is 4.79 Å². The van der Waals surface area contributed by atoms with Gasteiger partial charge in [-0.1, -0.05) is 29.3 Å². The lowest BCUT2D eigenvalue weighted by molar-refractivity contribution is -0.122. The van der Waals surface area contributed by atoms with Crippen LogP contribution in [0, 0.1) is 0 Å². The molecule has 0 fully saturated rings. The number of ether oxygens (including phenoxy) is 3. The predicted octanol–water partition coefficient (Wildman–Crippen LogP) is 4.42. The fourth-order valence-electron chi connectivity index (χ4n) is 1.94. The van der Waals surface area contributed by atoms with Gasteiger partial charge in [-0.05, 0) is 19.1 Å². The Bertz CT molecular complexity index is 714. The first kappa shape index (κ1) is 18.2. The Kier molecular flexibility index (Phi) is 6.17. The number of halogens is 2. The van der Waals surface area contributed by atoms with Gasteiger partial charge < -0.3 is 19.5 Å². The summed E-state index contributed by atoms with van der Waals surface area (Å²) in [7, 11) is 3.07. The van der Waals surface area contributed by atoms with Crippen LogP contribution in [0.5, 0.6) is 17.2 Å². The molecular formula is C17H17Cl2NO4. The van der Waals surface area contributed by atoms with Crippen molar-refractivity contribution in [1.82, 2.24) is 0 Å². The van der Waals surface area contributed by atoms with Crippen LogP contribution in [-0.4, -0.2) is 26.2 Å². The third-order valence-electron chi connectivity index (χ3n) is 3.21. The summed E-state index contributed by atoms with van der Waals surface area (Å²) in [5, 5.41) is 3.37. The number of hydrogen-bond acceptors (Lipinski definition) is 4. The molecule has 0 heterocycles. The number of anilines is 1. The summed E-state index contributed by atoms with van der Waals surface area (Å²) in [5.41, 5.74) is 0.531. The first-order valence-corrected chi connectivity index (χ1v) is 7.84. The van der Waals surface area contributed by atoms with Gasteiger partial charge in [0, 0.05) is 23.9 Å². The lowest BCUT2D eigenvalue weighted by atomic mass is 10.2. The Morgan fingerprint density at radius 3 is 2.29 bits per heavy atom. The molecule has 1 N–H and O–H groups in total. The highest BCUT2D eigenvalue weighted by atomic mass is 35.5. The molecule has 0 bridgehead atoms. The highest BCUT2D eigenvalue weighted by Gasteiger charge is 2.18. The second-order valence-corrected chi connectivity index (χ2v) is 5.69. The quantitative estimate of drug-likeness (QED) is 0.818. The largest absolute Gasteiger partial charge is 0.497 e. The molecule has 128 valence electrons. The summed E-state index contributed by atoms with van der Waals surface area (Å²) in [6, 6.07) is 10.1. The molecule has 0 aliphatic heterocycles. The number of carbonyl (C=O) groups is 1. The predicted molar refractivity (Wildman–Crippen MR) is 94.7 cm³/mol. The van der Waals surface area contributed by atoms with E-state index in [1.807, 2.05) is 0 Å². The first-order chi connectivity index (χ1) is 11.4. The Morgan fingerprint density at radius 2 is 1.71 bits per heavy atom.